The molecule has 0 saturated carbocycles. The number of nitrogens with two attached hydrogens (primary N) is 1. The average Bonchev–Trinajstić information content (AvgIpc) is 2.03. The van der Waals surface area contributed by atoms with Gasteiger partial charge in [0.1, 0.15) is 5.82 Å². The van der Waals surface area contributed by atoms with Crippen LogP contribution in [0.5, 0.6) is 0 Å². The summed E-state index contributed by atoms with van der Waals surface area (Å²) in [5.74, 6) is 3.27. The number of hydrogen-bond donors (Lipinski definition) is 2. The zero-order chi connectivity index (χ0) is 8.97. The highest BCUT2D eigenvalue weighted by Gasteiger charge is 1.97. The predicted molar refractivity (Wildman–Crippen MR) is 50.7 cm³/mol. The highest BCUT2D eigenvalue weighted by molar-refractivity contribution is 5.51. The largest absolute Gasteiger partial charge is 0.397 e. The Balaban J connectivity index is 2.81. The topological polar surface area (TPSA) is 50.9 Å². The van der Waals surface area contributed by atoms with E-state index in [-0.39, 0.29) is 0 Å². The predicted octanol–water partition coefficient (Wildman–Crippen LogP) is 1.02. The first-order chi connectivity index (χ1) is 5.74. The summed E-state index contributed by atoms with van der Waals surface area (Å²) in [5, 5.41) is 2.99. The van der Waals surface area contributed by atoms with Crippen LogP contribution in [-0.4, -0.2) is 11.5 Å². The Morgan fingerprint density at radius 2 is 2.50 bits per heavy atom. The minimum absolute atomic E-state index is 0.484. The lowest BCUT2D eigenvalue weighted by atomic mass is 10.2. The molecular weight excluding hydrogens is 150 g/mol. The average molecular weight is 161 g/mol. The van der Waals surface area contributed by atoms with Gasteiger partial charge in [0.25, 0.3) is 0 Å². The fourth-order valence-corrected chi connectivity index (χ4v) is 0.916. The van der Waals surface area contributed by atoms with Crippen LogP contribution in [0.25, 0.3) is 0 Å². The van der Waals surface area contributed by atoms with Crippen molar-refractivity contribution in [2.75, 3.05) is 17.6 Å². The second-order valence-corrected chi connectivity index (χ2v) is 2.49. The van der Waals surface area contributed by atoms with Gasteiger partial charge in [-0.1, -0.05) is 5.92 Å². The van der Waals surface area contributed by atoms with E-state index < -0.39 is 0 Å². The van der Waals surface area contributed by atoms with Crippen LogP contribution in [0.3, 0.4) is 0 Å². The summed E-state index contributed by atoms with van der Waals surface area (Å²) in [7, 11) is 0. The minimum Gasteiger partial charge on any atom is -0.397 e. The van der Waals surface area contributed by atoms with E-state index in [1.165, 1.54) is 0 Å². The van der Waals surface area contributed by atoms with Crippen molar-refractivity contribution in [2.24, 2.45) is 0 Å². The Morgan fingerprint density at radius 1 is 1.75 bits per heavy atom. The highest BCUT2D eigenvalue weighted by Crippen LogP contribution is 2.12. The molecule has 0 spiro atoms. The van der Waals surface area contributed by atoms with E-state index in [1.807, 2.05) is 13.0 Å². The molecule has 0 aromatic carbocycles. The first-order valence-corrected chi connectivity index (χ1v) is 3.63. The summed E-state index contributed by atoms with van der Waals surface area (Å²) in [6.07, 6.45) is 6.69. The standard InChI is InChI=1S/C9H11N3/c1-3-4-11-9-7(2)5-8(10)6-12-9/h1,5-6H,4,10H2,2H3,(H,11,12). The fourth-order valence-electron chi connectivity index (χ4n) is 0.916. The first kappa shape index (κ1) is 8.41. The van der Waals surface area contributed by atoms with Gasteiger partial charge in [0.05, 0.1) is 18.4 Å². The van der Waals surface area contributed by atoms with Crippen LogP contribution in [0.1, 0.15) is 5.56 Å². The van der Waals surface area contributed by atoms with Gasteiger partial charge in [0, 0.05) is 0 Å². The molecule has 0 aliphatic heterocycles. The van der Waals surface area contributed by atoms with Gasteiger partial charge in [-0.2, -0.15) is 0 Å². The molecule has 3 N–H and O–H groups in total. The number of nitrogens with one attached hydrogen (secondary N) is 1. The van der Waals surface area contributed by atoms with Crippen LogP contribution >= 0.6 is 0 Å². The van der Waals surface area contributed by atoms with Crippen LogP contribution in [0.2, 0.25) is 0 Å². The number of hydrogen-bond acceptors (Lipinski definition) is 3. The summed E-state index contributed by atoms with van der Waals surface area (Å²) >= 11 is 0. The number of nitrogens with zero attached hydrogens (tertiary/aromatic N) is 1. The number of aromatic nitrogens is 1. The van der Waals surface area contributed by atoms with Crippen molar-refractivity contribution >= 4 is 11.5 Å². The number of rotatable bonds is 2. The van der Waals surface area contributed by atoms with Crippen molar-refractivity contribution in [2.45, 2.75) is 6.92 Å². The van der Waals surface area contributed by atoms with Gasteiger partial charge < -0.3 is 11.1 Å². The normalized spacial score (nSPS) is 9.00. The van der Waals surface area contributed by atoms with Crippen molar-refractivity contribution < 1.29 is 0 Å². The molecule has 0 amide bonds. The molecular formula is C9H11N3. The van der Waals surface area contributed by atoms with Crippen LogP contribution < -0.4 is 11.1 Å². The van der Waals surface area contributed by atoms with E-state index in [0.29, 0.717) is 12.2 Å². The minimum atomic E-state index is 0.484. The fraction of sp³-hybridized carbons (Fsp3) is 0.222. The van der Waals surface area contributed by atoms with E-state index in [2.05, 4.69) is 16.2 Å². The van der Waals surface area contributed by atoms with Gasteiger partial charge in [-0.15, -0.1) is 6.42 Å². The molecule has 3 heteroatoms. The number of anilines is 2. The molecule has 0 bridgehead atoms. The Labute approximate surface area is 72.0 Å². The molecule has 1 aromatic heterocycles. The van der Waals surface area contributed by atoms with Gasteiger partial charge in [-0.3, -0.25) is 0 Å². The molecule has 0 fully saturated rings. The number of aryl methyl sites for hydroxylation is 1. The molecule has 0 saturated heterocycles. The van der Waals surface area contributed by atoms with Crippen LogP contribution in [0, 0.1) is 19.3 Å². The Bertz CT molecular complexity index is 312. The van der Waals surface area contributed by atoms with Gasteiger partial charge in [0.15, 0.2) is 0 Å². The van der Waals surface area contributed by atoms with Gasteiger partial charge in [-0.05, 0) is 18.6 Å². The third-order valence-corrected chi connectivity index (χ3v) is 1.46. The van der Waals surface area contributed by atoms with E-state index in [4.69, 9.17) is 12.2 Å². The smallest absolute Gasteiger partial charge is 0.129 e. The van der Waals surface area contributed by atoms with E-state index in [1.54, 1.807) is 6.20 Å². The molecule has 62 valence electrons. The lowest BCUT2D eigenvalue weighted by Crippen LogP contribution is -2.03. The molecule has 0 aliphatic rings. The van der Waals surface area contributed by atoms with Gasteiger partial charge in [0.2, 0.25) is 0 Å². The zero-order valence-electron chi connectivity index (χ0n) is 6.96. The third kappa shape index (κ3) is 1.89. The summed E-state index contributed by atoms with van der Waals surface area (Å²) < 4.78 is 0. The maximum atomic E-state index is 5.53. The van der Waals surface area contributed by atoms with Crippen molar-refractivity contribution in [3.63, 3.8) is 0 Å². The number of terminal acetylenes is 1. The molecule has 0 atom stereocenters. The second kappa shape index (κ2) is 3.63. The summed E-state index contributed by atoms with van der Waals surface area (Å²) in [6.45, 7) is 2.42. The Kier molecular flexibility index (Phi) is 2.54. The molecule has 0 unspecified atom stereocenters. The zero-order valence-corrected chi connectivity index (χ0v) is 6.96. The quantitative estimate of drug-likeness (QED) is 0.637. The van der Waals surface area contributed by atoms with E-state index >= 15 is 0 Å². The first-order valence-electron chi connectivity index (χ1n) is 3.63. The number of pyridine rings is 1. The molecule has 1 rings (SSSR count). The number of nitrogen functional groups attached to an aromatic ring is 1. The maximum absolute atomic E-state index is 5.53. The SMILES string of the molecule is C#CCNc1ncc(N)cc1C. The van der Waals surface area contributed by atoms with Crippen LogP contribution in [-0.2, 0) is 0 Å². The summed E-state index contributed by atoms with van der Waals surface area (Å²) in [4.78, 5) is 4.08. The Hall–Kier alpha value is -1.69. The Morgan fingerprint density at radius 3 is 3.08 bits per heavy atom. The van der Waals surface area contributed by atoms with Crippen molar-refractivity contribution in [3.8, 4) is 12.3 Å². The molecule has 3 nitrogen and oxygen atoms in total. The van der Waals surface area contributed by atoms with E-state index in [0.717, 1.165) is 11.4 Å². The molecule has 0 radical (unpaired) electrons. The van der Waals surface area contributed by atoms with Gasteiger partial charge in [-0.25, -0.2) is 4.98 Å². The van der Waals surface area contributed by atoms with Crippen molar-refractivity contribution in [1.29, 1.82) is 0 Å². The van der Waals surface area contributed by atoms with Gasteiger partial charge >= 0.3 is 0 Å². The lowest BCUT2D eigenvalue weighted by molar-refractivity contribution is 1.21. The molecule has 12 heavy (non-hydrogen) atoms. The maximum Gasteiger partial charge on any atom is 0.129 e. The summed E-state index contributed by atoms with van der Waals surface area (Å²) in [5.41, 5.74) is 7.20. The second-order valence-electron chi connectivity index (χ2n) is 2.49. The monoisotopic (exact) mass is 161 g/mol. The van der Waals surface area contributed by atoms with E-state index in [9.17, 15) is 0 Å². The van der Waals surface area contributed by atoms with Crippen molar-refractivity contribution in [3.05, 3.63) is 17.8 Å². The third-order valence-electron chi connectivity index (χ3n) is 1.46. The van der Waals surface area contributed by atoms with Crippen molar-refractivity contribution in [1.82, 2.24) is 4.98 Å². The van der Waals surface area contributed by atoms with Crippen LogP contribution in [0.15, 0.2) is 12.3 Å². The molecule has 1 heterocycles. The molecule has 1 aromatic rings. The summed E-state index contributed by atoms with van der Waals surface area (Å²) in [6, 6.07) is 1.85. The lowest BCUT2D eigenvalue weighted by Gasteiger charge is -2.05. The highest BCUT2D eigenvalue weighted by atomic mass is 15.0. The molecule has 0 aliphatic carbocycles. The van der Waals surface area contributed by atoms with Crippen LogP contribution in [0.4, 0.5) is 11.5 Å².